The molecule has 0 saturated carbocycles. The van der Waals surface area contributed by atoms with Gasteiger partial charge in [0.05, 0.1) is 0 Å². The molecular formula is C10H24CuN2O8Zn. The Bertz CT molecular complexity index is 201. The summed E-state index contributed by atoms with van der Waals surface area (Å²) in [7, 11) is 0. The van der Waals surface area contributed by atoms with Crippen LogP contribution < -0.4 is 11.5 Å². The first-order valence-corrected chi connectivity index (χ1v) is 5.03. The second kappa shape index (κ2) is 42.7. The van der Waals surface area contributed by atoms with Crippen molar-refractivity contribution in [1.29, 1.82) is 0 Å². The van der Waals surface area contributed by atoms with E-state index in [1.54, 1.807) is 0 Å². The number of hydrogen-bond acceptors (Lipinski definition) is 6. The van der Waals surface area contributed by atoms with Gasteiger partial charge in [-0.1, -0.05) is 0 Å². The topological polar surface area (TPSA) is 201 Å². The maximum absolute atomic E-state index is 9.00. The van der Waals surface area contributed by atoms with Crippen molar-refractivity contribution in [2.24, 2.45) is 11.5 Å². The van der Waals surface area contributed by atoms with Crippen LogP contribution in [0.3, 0.4) is 0 Å². The van der Waals surface area contributed by atoms with Gasteiger partial charge in [-0.25, -0.2) is 0 Å². The summed E-state index contributed by atoms with van der Waals surface area (Å²) in [5.74, 6) is -3.33. The van der Waals surface area contributed by atoms with Crippen molar-refractivity contribution in [3.05, 3.63) is 0 Å². The number of hydrogen-bond donors (Lipinski definition) is 6. The molecule has 135 valence electrons. The number of carbonyl (C=O) groups is 4. The maximum atomic E-state index is 9.00. The Hall–Kier alpha value is -1.06. The molecule has 0 aromatic heterocycles. The Morgan fingerprint density at radius 3 is 0.682 bits per heavy atom. The third-order valence-corrected chi connectivity index (χ3v) is 0.167. The minimum Gasteiger partial charge on any atom is -0.481 e. The van der Waals surface area contributed by atoms with Crippen molar-refractivity contribution < 1.29 is 76.2 Å². The summed E-state index contributed by atoms with van der Waals surface area (Å²) >= 11 is 0. The van der Waals surface area contributed by atoms with Crippen molar-refractivity contribution in [2.75, 3.05) is 13.1 Å². The Kier molecular flexibility index (Phi) is 83.2. The second-order valence-electron chi connectivity index (χ2n) is 2.65. The van der Waals surface area contributed by atoms with Crippen LogP contribution in [0, 0.1) is 0 Å². The van der Waals surface area contributed by atoms with Gasteiger partial charge in [0.2, 0.25) is 0 Å². The number of carboxylic acid groups (broad SMARTS) is 4. The summed E-state index contributed by atoms with van der Waals surface area (Å²) < 4.78 is 0. The Morgan fingerprint density at radius 1 is 0.636 bits per heavy atom. The van der Waals surface area contributed by atoms with Crippen LogP contribution in [0.4, 0.5) is 0 Å². The zero-order valence-electron chi connectivity index (χ0n) is 13.0. The summed E-state index contributed by atoms with van der Waals surface area (Å²) in [6.45, 7) is 5.53. The molecule has 0 heterocycles. The minimum absolute atomic E-state index is 0. The normalized spacial score (nSPS) is 5.91. The summed E-state index contributed by atoms with van der Waals surface area (Å²) in [5, 5.41) is 29.7. The Morgan fingerprint density at radius 2 is 0.682 bits per heavy atom. The first-order chi connectivity index (χ1) is 8.84. The zero-order valence-corrected chi connectivity index (χ0v) is 16.9. The SMILES string of the molecule is CC(=O)O.CC(=O)O.CC(=O)O.CC(=O)O.NCCN.[Cu].[Zn]. The van der Waals surface area contributed by atoms with E-state index in [4.69, 9.17) is 51.1 Å². The van der Waals surface area contributed by atoms with E-state index < -0.39 is 23.9 Å². The van der Waals surface area contributed by atoms with Crippen LogP contribution in [0.5, 0.6) is 0 Å². The molecule has 22 heavy (non-hydrogen) atoms. The van der Waals surface area contributed by atoms with Crippen molar-refractivity contribution in [3.8, 4) is 0 Å². The summed E-state index contributed by atoms with van der Waals surface area (Å²) in [6.07, 6.45) is 0. The van der Waals surface area contributed by atoms with E-state index in [2.05, 4.69) is 0 Å². The third kappa shape index (κ3) is 1870000. The average Bonchev–Trinajstić information content (AvgIpc) is 2.13. The molecule has 0 unspecified atom stereocenters. The van der Waals surface area contributed by atoms with Crippen LogP contribution in [0.2, 0.25) is 0 Å². The molecule has 0 saturated heterocycles. The van der Waals surface area contributed by atoms with Crippen LogP contribution in [0.1, 0.15) is 27.7 Å². The van der Waals surface area contributed by atoms with Crippen LogP contribution >= 0.6 is 0 Å². The smallest absolute Gasteiger partial charge is 0.300 e. The van der Waals surface area contributed by atoms with Gasteiger partial charge in [-0.2, -0.15) is 0 Å². The van der Waals surface area contributed by atoms with Gasteiger partial charge < -0.3 is 31.9 Å². The molecule has 0 aliphatic heterocycles. The first kappa shape index (κ1) is 42.8. The van der Waals surface area contributed by atoms with Crippen LogP contribution in [0.25, 0.3) is 0 Å². The molecule has 0 atom stereocenters. The van der Waals surface area contributed by atoms with Crippen molar-refractivity contribution >= 4 is 23.9 Å². The molecule has 0 fully saturated rings. The summed E-state index contributed by atoms with van der Waals surface area (Å²) in [5.41, 5.74) is 9.81. The molecule has 0 spiro atoms. The average molecular weight is 429 g/mol. The van der Waals surface area contributed by atoms with E-state index in [-0.39, 0.29) is 36.5 Å². The van der Waals surface area contributed by atoms with E-state index in [9.17, 15) is 0 Å². The van der Waals surface area contributed by atoms with Gasteiger partial charge in [0, 0.05) is 77.3 Å². The van der Waals surface area contributed by atoms with E-state index in [0.29, 0.717) is 13.1 Å². The van der Waals surface area contributed by atoms with Gasteiger partial charge in [0.25, 0.3) is 23.9 Å². The summed E-state index contributed by atoms with van der Waals surface area (Å²) in [6, 6.07) is 0. The third-order valence-electron chi connectivity index (χ3n) is 0.167. The van der Waals surface area contributed by atoms with Gasteiger partial charge in [-0.15, -0.1) is 0 Å². The minimum atomic E-state index is -0.833. The molecule has 0 aromatic carbocycles. The predicted molar refractivity (Wildman–Crippen MR) is 71.3 cm³/mol. The molecule has 0 aliphatic rings. The quantitative estimate of drug-likeness (QED) is 0.288. The molecule has 12 heteroatoms. The van der Waals surface area contributed by atoms with Crippen LogP contribution in [-0.2, 0) is 55.7 Å². The predicted octanol–water partition coefficient (Wildman–Crippen LogP) is -0.738. The number of aliphatic carboxylic acids is 4. The maximum Gasteiger partial charge on any atom is 0.300 e. The number of carboxylic acids is 4. The molecule has 10 nitrogen and oxygen atoms in total. The molecule has 0 amide bonds. The van der Waals surface area contributed by atoms with Crippen molar-refractivity contribution in [3.63, 3.8) is 0 Å². The largest absolute Gasteiger partial charge is 0.481 e. The van der Waals surface area contributed by atoms with Gasteiger partial charge >= 0.3 is 0 Å². The molecule has 0 aromatic rings. The molecular weight excluding hydrogens is 405 g/mol. The standard InChI is InChI=1S/C2H8N2.4C2H4O2.Cu.Zn/c3-1-2-4;4*1-2(3)4;;/h1-4H2;4*1H3,(H,3,4);;. The molecule has 8 N–H and O–H groups in total. The van der Waals surface area contributed by atoms with Gasteiger partial charge in [-0.3, -0.25) is 19.2 Å². The van der Waals surface area contributed by atoms with Crippen molar-refractivity contribution in [2.45, 2.75) is 27.7 Å². The monoisotopic (exact) mass is 427 g/mol. The van der Waals surface area contributed by atoms with E-state index in [0.717, 1.165) is 27.7 Å². The van der Waals surface area contributed by atoms with Crippen LogP contribution in [0.15, 0.2) is 0 Å². The van der Waals surface area contributed by atoms with Gasteiger partial charge in [0.15, 0.2) is 0 Å². The number of rotatable bonds is 1. The first-order valence-electron chi connectivity index (χ1n) is 5.03. The van der Waals surface area contributed by atoms with Crippen molar-refractivity contribution in [1.82, 2.24) is 0 Å². The zero-order chi connectivity index (χ0) is 17.7. The Balaban J connectivity index is -0.0000000250. The molecule has 1 radical (unpaired) electrons. The van der Waals surface area contributed by atoms with Gasteiger partial charge in [0.1, 0.15) is 0 Å². The molecule has 0 aliphatic carbocycles. The Labute approximate surface area is 152 Å². The fourth-order valence-corrected chi connectivity index (χ4v) is 0. The summed E-state index contributed by atoms with van der Waals surface area (Å²) in [4.78, 5) is 36.0. The fourth-order valence-electron chi connectivity index (χ4n) is 0. The van der Waals surface area contributed by atoms with E-state index >= 15 is 0 Å². The van der Waals surface area contributed by atoms with Gasteiger partial charge in [-0.05, 0) is 0 Å². The van der Waals surface area contributed by atoms with E-state index in [1.165, 1.54) is 0 Å². The van der Waals surface area contributed by atoms with E-state index in [1.807, 2.05) is 0 Å². The number of nitrogens with two attached hydrogens (primary N) is 2. The fraction of sp³-hybridized carbons (Fsp3) is 0.600. The second-order valence-corrected chi connectivity index (χ2v) is 2.65. The molecule has 0 rings (SSSR count). The van der Waals surface area contributed by atoms with Crippen LogP contribution in [-0.4, -0.2) is 57.4 Å². The molecule has 0 bridgehead atoms.